The van der Waals surface area contributed by atoms with Gasteiger partial charge in [0.05, 0.1) is 5.69 Å². The molecule has 9 aromatic rings. The Hall–Kier alpha value is -5.92. The average Bonchev–Trinajstić information content (AvgIpc) is 3.14. The quantitative estimate of drug-likeness (QED) is 0.106. The summed E-state index contributed by atoms with van der Waals surface area (Å²) in [7, 11) is 0. The molecule has 0 fully saturated rings. The summed E-state index contributed by atoms with van der Waals surface area (Å²) in [6.45, 7) is 6.44. The fourth-order valence-corrected chi connectivity index (χ4v) is 7.86. The minimum atomic E-state index is 1.14. The molecule has 0 unspecified atom stereocenters. The predicted octanol–water partition coefficient (Wildman–Crippen LogP) is 13.6. The van der Waals surface area contributed by atoms with Crippen LogP contribution in [0.15, 0.2) is 163 Å². The van der Waals surface area contributed by atoms with Gasteiger partial charge in [-0.1, -0.05) is 121 Å². The maximum Gasteiger partial charge on any atom is 0.0540 e. The molecule has 0 aliphatic rings. The summed E-state index contributed by atoms with van der Waals surface area (Å²) in [5.74, 6) is 0. The summed E-state index contributed by atoms with van der Waals surface area (Å²) in [5.41, 5.74) is 7.24. The van der Waals surface area contributed by atoms with Crippen LogP contribution in [0.25, 0.3) is 75.8 Å². The van der Waals surface area contributed by atoms with Crippen molar-refractivity contribution < 1.29 is 0 Å². The van der Waals surface area contributed by atoms with Gasteiger partial charge in [0.2, 0.25) is 0 Å². The fourth-order valence-electron chi connectivity index (χ4n) is 7.86. The molecule has 9 rings (SSSR count). The van der Waals surface area contributed by atoms with Gasteiger partial charge < -0.3 is 4.90 Å². The number of nitrogens with zero attached hydrogens (tertiary/aromatic N) is 1. The second kappa shape index (κ2) is 11.1. The van der Waals surface area contributed by atoms with Crippen molar-refractivity contribution in [1.29, 1.82) is 0 Å². The number of hydrogen-bond donors (Lipinski definition) is 0. The van der Waals surface area contributed by atoms with E-state index < -0.39 is 0 Å². The number of hydrogen-bond acceptors (Lipinski definition) is 1. The van der Waals surface area contributed by atoms with Crippen LogP contribution < -0.4 is 4.90 Å². The van der Waals surface area contributed by atoms with E-state index in [1.54, 1.807) is 0 Å². The maximum absolute atomic E-state index is 2.42. The van der Waals surface area contributed by atoms with Crippen LogP contribution in [0, 0.1) is 6.92 Å². The number of fused-ring (bicyclic) bond motifs is 4. The lowest BCUT2D eigenvalue weighted by molar-refractivity contribution is 1.21. The van der Waals surface area contributed by atoms with Gasteiger partial charge in [-0.2, -0.15) is 0 Å². The third-order valence-corrected chi connectivity index (χ3v) is 10.2. The van der Waals surface area contributed by atoms with Crippen molar-refractivity contribution in [1.82, 2.24) is 0 Å². The van der Waals surface area contributed by atoms with Gasteiger partial charge in [-0.15, -0.1) is 0 Å². The van der Waals surface area contributed by atoms with Crippen LogP contribution in [0.2, 0.25) is 0 Å². The molecule has 1 heteroatoms. The van der Waals surface area contributed by atoms with Gasteiger partial charge in [-0.25, -0.2) is 0 Å². The van der Waals surface area contributed by atoms with E-state index >= 15 is 0 Å². The highest BCUT2D eigenvalue weighted by Crippen LogP contribution is 2.45. The second-order valence-electron chi connectivity index (χ2n) is 12.9. The summed E-state index contributed by atoms with van der Waals surface area (Å²) < 4.78 is 0. The molecule has 0 radical (unpaired) electrons. The Bertz CT molecular complexity index is 2740. The molecule has 1 nitrogen and oxygen atoms in total. The van der Waals surface area contributed by atoms with Gasteiger partial charge in [0, 0.05) is 16.8 Å². The molecule has 48 heavy (non-hydrogen) atoms. The molecule has 0 heterocycles. The third kappa shape index (κ3) is 4.32. The molecule has 0 bridgehead atoms. The van der Waals surface area contributed by atoms with Crippen molar-refractivity contribution >= 4 is 76.0 Å². The van der Waals surface area contributed by atoms with Crippen LogP contribution >= 0.6 is 0 Å². The van der Waals surface area contributed by atoms with Gasteiger partial charge in [0.15, 0.2) is 0 Å². The highest BCUT2D eigenvalue weighted by Gasteiger charge is 2.20. The lowest BCUT2D eigenvalue weighted by atomic mass is 9.88. The average molecular weight is 614 g/mol. The minimum Gasteiger partial charge on any atom is -0.310 e. The first-order chi connectivity index (χ1) is 23.6. The number of allylic oxidation sites excluding steroid dienone is 3. The van der Waals surface area contributed by atoms with E-state index in [0.717, 1.165) is 11.4 Å². The largest absolute Gasteiger partial charge is 0.310 e. The molecule has 0 aromatic heterocycles. The van der Waals surface area contributed by atoms with E-state index in [2.05, 4.69) is 183 Å². The van der Waals surface area contributed by atoms with E-state index in [1.165, 1.54) is 87.0 Å². The standard InChI is InChI=1S/C47H35N/c1-4-10-37(5-2)48(38-23-22-35-28-34(20-21-36(35)29-38)33-19-18-31-11-6-7-12-32(31)27-33)45-26-25-43-40-14-8-13-39-30(3)17-24-42(46(39)40)41-15-9-16-44(45)47(41)43/h4-29H,1-3H3/b10-4-,37-5+. The van der Waals surface area contributed by atoms with Crippen LogP contribution in [0.4, 0.5) is 11.4 Å². The topological polar surface area (TPSA) is 3.24 Å². The van der Waals surface area contributed by atoms with Gasteiger partial charge in [-0.3, -0.25) is 0 Å². The van der Waals surface area contributed by atoms with Gasteiger partial charge in [0.1, 0.15) is 0 Å². The van der Waals surface area contributed by atoms with E-state index in [0.29, 0.717) is 0 Å². The van der Waals surface area contributed by atoms with Crippen LogP contribution in [0.3, 0.4) is 0 Å². The highest BCUT2D eigenvalue weighted by molar-refractivity contribution is 6.34. The number of anilines is 2. The Labute approximate surface area is 281 Å². The van der Waals surface area contributed by atoms with E-state index in [9.17, 15) is 0 Å². The van der Waals surface area contributed by atoms with E-state index in [4.69, 9.17) is 0 Å². The second-order valence-corrected chi connectivity index (χ2v) is 12.9. The molecule has 0 N–H and O–H groups in total. The van der Waals surface area contributed by atoms with Gasteiger partial charge in [0.25, 0.3) is 0 Å². The Morgan fingerprint density at radius 2 is 1.04 bits per heavy atom. The monoisotopic (exact) mass is 613 g/mol. The molecular weight excluding hydrogens is 579 g/mol. The van der Waals surface area contributed by atoms with Crippen molar-refractivity contribution in [2.75, 3.05) is 4.90 Å². The normalized spacial score (nSPS) is 12.5. The van der Waals surface area contributed by atoms with Crippen molar-refractivity contribution in [3.8, 4) is 11.1 Å². The molecule has 0 aliphatic carbocycles. The first-order valence-electron chi connectivity index (χ1n) is 16.8. The molecular formula is C47H35N. The zero-order valence-electron chi connectivity index (χ0n) is 27.5. The molecule has 0 saturated carbocycles. The Balaban J connectivity index is 1.24. The third-order valence-electron chi connectivity index (χ3n) is 10.2. The van der Waals surface area contributed by atoms with E-state index in [1.807, 2.05) is 0 Å². The molecule has 0 atom stereocenters. The van der Waals surface area contributed by atoms with Crippen LogP contribution in [0.1, 0.15) is 19.4 Å². The first kappa shape index (κ1) is 28.3. The van der Waals surface area contributed by atoms with Gasteiger partial charge >= 0.3 is 0 Å². The highest BCUT2D eigenvalue weighted by atomic mass is 15.1. The van der Waals surface area contributed by atoms with Crippen LogP contribution in [-0.2, 0) is 0 Å². The molecule has 0 aliphatic heterocycles. The summed E-state index contributed by atoms with van der Waals surface area (Å²) in [6.07, 6.45) is 6.55. The number of benzene rings is 9. The van der Waals surface area contributed by atoms with Crippen LogP contribution in [0.5, 0.6) is 0 Å². The Kier molecular flexibility index (Phi) is 6.55. The zero-order valence-corrected chi connectivity index (χ0v) is 27.5. The molecule has 0 amide bonds. The first-order valence-corrected chi connectivity index (χ1v) is 16.8. The van der Waals surface area contributed by atoms with E-state index in [-0.39, 0.29) is 0 Å². The zero-order chi connectivity index (χ0) is 32.4. The minimum absolute atomic E-state index is 1.14. The SMILES string of the molecule is C/C=C\C(=C/C)N(c1ccc2cc(-c3ccc4ccccc4c3)ccc2c1)c1ccc2c3cccc4c(C)ccc(c5cccc1c52)c43. The van der Waals surface area contributed by atoms with Gasteiger partial charge in [-0.05, 0) is 133 Å². The van der Waals surface area contributed by atoms with Crippen molar-refractivity contribution in [2.24, 2.45) is 0 Å². The lowest BCUT2D eigenvalue weighted by Crippen LogP contribution is -2.15. The number of aryl methyl sites for hydroxylation is 1. The van der Waals surface area contributed by atoms with Crippen molar-refractivity contribution in [3.05, 3.63) is 169 Å². The molecule has 9 aromatic carbocycles. The summed E-state index contributed by atoms with van der Waals surface area (Å²) >= 11 is 0. The van der Waals surface area contributed by atoms with Crippen molar-refractivity contribution in [2.45, 2.75) is 20.8 Å². The van der Waals surface area contributed by atoms with Crippen LogP contribution in [-0.4, -0.2) is 0 Å². The molecule has 228 valence electrons. The smallest absolute Gasteiger partial charge is 0.0540 e. The lowest BCUT2D eigenvalue weighted by Gasteiger charge is -2.29. The summed E-state index contributed by atoms with van der Waals surface area (Å²) in [5, 5.41) is 15.5. The molecule has 0 spiro atoms. The Morgan fingerprint density at radius 1 is 0.479 bits per heavy atom. The van der Waals surface area contributed by atoms with Crippen molar-refractivity contribution in [3.63, 3.8) is 0 Å². The maximum atomic E-state index is 2.42. The summed E-state index contributed by atoms with van der Waals surface area (Å²) in [4.78, 5) is 2.42. The number of rotatable bonds is 5. The Morgan fingerprint density at radius 3 is 1.77 bits per heavy atom. The summed E-state index contributed by atoms with van der Waals surface area (Å²) in [6, 6.07) is 51.8. The fraction of sp³-hybridized carbons (Fsp3) is 0.0638. The molecule has 0 saturated heterocycles. The predicted molar refractivity (Wildman–Crippen MR) is 210 cm³/mol.